The molecule has 1 aromatic rings. The van der Waals surface area contributed by atoms with Crippen LogP contribution < -0.4 is 4.72 Å². The van der Waals surface area contributed by atoms with Crippen molar-refractivity contribution < 1.29 is 13.5 Å². The van der Waals surface area contributed by atoms with Gasteiger partial charge < -0.3 is 5.11 Å². The van der Waals surface area contributed by atoms with Crippen LogP contribution in [0.15, 0.2) is 16.3 Å². The molecule has 2 N–H and O–H groups in total. The molecule has 1 aromatic heterocycles. The number of rotatable bonds is 5. The van der Waals surface area contributed by atoms with Crippen molar-refractivity contribution in [3.63, 3.8) is 0 Å². The maximum atomic E-state index is 12.4. The summed E-state index contributed by atoms with van der Waals surface area (Å²) in [6.07, 6.45) is 4.72. The summed E-state index contributed by atoms with van der Waals surface area (Å²) < 4.78 is 28.1. The van der Waals surface area contributed by atoms with Gasteiger partial charge in [0.2, 0.25) is 10.0 Å². The van der Waals surface area contributed by atoms with E-state index < -0.39 is 10.0 Å². The van der Waals surface area contributed by atoms with Crippen LogP contribution in [0.4, 0.5) is 0 Å². The second kappa shape index (κ2) is 6.13. The zero-order valence-corrected chi connectivity index (χ0v) is 13.7. The summed E-state index contributed by atoms with van der Waals surface area (Å²) in [6.45, 7) is 4.30. The van der Waals surface area contributed by atoms with Crippen LogP contribution >= 0.6 is 11.3 Å². The molecule has 0 spiro atoms. The third kappa shape index (κ3) is 3.61. The first-order valence-corrected chi connectivity index (χ1v) is 9.37. The fourth-order valence-corrected chi connectivity index (χ4v) is 5.51. The quantitative estimate of drug-likeness (QED) is 0.877. The van der Waals surface area contributed by atoms with Crippen molar-refractivity contribution in [1.82, 2.24) is 4.72 Å². The largest absolute Gasteiger partial charge is 0.396 e. The van der Waals surface area contributed by atoms with E-state index in [9.17, 15) is 8.42 Å². The molecule has 2 rings (SSSR count). The predicted octanol–water partition coefficient (Wildman–Crippen LogP) is 2.53. The van der Waals surface area contributed by atoms with Crippen molar-refractivity contribution in [2.75, 3.05) is 6.61 Å². The van der Waals surface area contributed by atoms with E-state index in [0.29, 0.717) is 10.6 Å². The number of aliphatic hydroxyl groups excluding tert-OH is 1. The van der Waals surface area contributed by atoms with E-state index in [2.05, 4.69) is 18.6 Å². The van der Waals surface area contributed by atoms with Gasteiger partial charge in [0.05, 0.1) is 0 Å². The average Bonchev–Trinajstić information content (AvgIpc) is 2.82. The van der Waals surface area contributed by atoms with E-state index in [1.807, 2.05) is 0 Å². The Kier molecular flexibility index (Phi) is 4.89. The topological polar surface area (TPSA) is 66.4 Å². The molecule has 1 atom stereocenters. The van der Waals surface area contributed by atoms with Crippen LogP contribution in [0.3, 0.4) is 0 Å². The van der Waals surface area contributed by atoms with Gasteiger partial charge in [0.25, 0.3) is 0 Å². The minimum absolute atomic E-state index is 0.00430. The van der Waals surface area contributed by atoms with Crippen LogP contribution in [0.5, 0.6) is 0 Å². The van der Waals surface area contributed by atoms with Crippen molar-refractivity contribution in [1.29, 1.82) is 0 Å². The summed E-state index contributed by atoms with van der Waals surface area (Å²) >= 11 is 1.24. The van der Waals surface area contributed by atoms with E-state index in [-0.39, 0.29) is 18.1 Å². The lowest BCUT2D eigenvalue weighted by atomic mass is 9.74. The molecule has 1 aliphatic carbocycles. The van der Waals surface area contributed by atoms with Crippen LogP contribution in [-0.4, -0.2) is 26.2 Å². The Morgan fingerprint density at radius 2 is 2.15 bits per heavy atom. The molecule has 6 heteroatoms. The van der Waals surface area contributed by atoms with Crippen molar-refractivity contribution in [3.05, 3.63) is 17.0 Å². The van der Waals surface area contributed by atoms with Gasteiger partial charge in [-0.1, -0.05) is 26.7 Å². The minimum Gasteiger partial charge on any atom is -0.396 e. The van der Waals surface area contributed by atoms with Gasteiger partial charge in [-0.15, -0.1) is 11.3 Å². The van der Waals surface area contributed by atoms with Gasteiger partial charge in [0.1, 0.15) is 4.21 Å². The summed E-state index contributed by atoms with van der Waals surface area (Å²) in [4.78, 5) is 0.899. The Hall–Kier alpha value is -0.430. The molecular weight excluding hydrogens is 294 g/mol. The summed E-state index contributed by atoms with van der Waals surface area (Å²) in [7, 11) is -3.44. The van der Waals surface area contributed by atoms with E-state index in [0.717, 1.165) is 24.1 Å². The Labute approximate surface area is 125 Å². The summed E-state index contributed by atoms with van der Waals surface area (Å²) in [5.74, 6) is 0. The highest BCUT2D eigenvalue weighted by atomic mass is 32.2. The van der Waals surface area contributed by atoms with Gasteiger partial charge in [-0.3, -0.25) is 0 Å². The number of aliphatic hydroxyl groups is 1. The normalized spacial score (nSPS) is 22.9. The second-order valence-electron chi connectivity index (χ2n) is 6.10. The zero-order chi connectivity index (χ0) is 14.8. The third-order valence-corrected chi connectivity index (χ3v) is 7.17. The molecule has 4 nitrogen and oxygen atoms in total. The van der Waals surface area contributed by atoms with Crippen LogP contribution in [0.2, 0.25) is 0 Å². The molecule has 1 aliphatic rings. The number of sulfonamides is 1. The lowest BCUT2D eigenvalue weighted by Crippen LogP contribution is -2.46. The fraction of sp³-hybridized carbons (Fsp3) is 0.714. The first kappa shape index (κ1) is 15.9. The molecular formula is C14H23NO3S2. The van der Waals surface area contributed by atoms with Gasteiger partial charge in [-0.2, -0.15) is 0 Å². The van der Waals surface area contributed by atoms with E-state index in [1.54, 1.807) is 12.1 Å². The maximum absolute atomic E-state index is 12.4. The molecule has 0 saturated heterocycles. The lowest BCUT2D eigenvalue weighted by Gasteiger charge is -2.38. The number of hydrogen-bond acceptors (Lipinski definition) is 4. The first-order valence-electron chi connectivity index (χ1n) is 7.07. The van der Waals surface area contributed by atoms with E-state index in [1.165, 1.54) is 17.8 Å². The fourth-order valence-electron chi connectivity index (χ4n) is 2.71. The second-order valence-corrected chi connectivity index (χ2v) is 9.21. The first-order chi connectivity index (χ1) is 9.35. The number of nitrogens with one attached hydrogen (secondary N) is 1. The summed E-state index contributed by atoms with van der Waals surface area (Å²) in [6, 6.07) is 3.42. The molecule has 0 bridgehead atoms. The Morgan fingerprint density at radius 3 is 2.80 bits per heavy atom. The van der Waals surface area contributed by atoms with Crippen LogP contribution in [-0.2, 0) is 16.4 Å². The van der Waals surface area contributed by atoms with Gasteiger partial charge in [0.15, 0.2) is 0 Å². The predicted molar refractivity (Wildman–Crippen MR) is 81.5 cm³/mol. The minimum atomic E-state index is -3.44. The van der Waals surface area contributed by atoms with Crippen LogP contribution in [0.1, 0.15) is 44.4 Å². The molecule has 1 heterocycles. The molecule has 20 heavy (non-hydrogen) atoms. The summed E-state index contributed by atoms with van der Waals surface area (Å²) in [5, 5.41) is 8.90. The molecule has 0 amide bonds. The highest BCUT2D eigenvalue weighted by Crippen LogP contribution is 2.36. The van der Waals surface area contributed by atoms with Crippen molar-refractivity contribution in [2.24, 2.45) is 5.41 Å². The van der Waals surface area contributed by atoms with Gasteiger partial charge in [0, 0.05) is 23.9 Å². The molecule has 0 aliphatic heterocycles. The molecule has 0 radical (unpaired) electrons. The highest BCUT2D eigenvalue weighted by Gasteiger charge is 2.35. The molecule has 0 aromatic carbocycles. The molecule has 1 unspecified atom stereocenters. The van der Waals surface area contributed by atoms with Crippen molar-refractivity contribution >= 4 is 21.4 Å². The molecule has 1 saturated carbocycles. The van der Waals surface area contributed by atoms with E-state index >= 15 is 0 Å². The zero-order valence-electron chi connectivity index (χ0n) is 12.1. The SMILES string of the molecule is CC1(C)CCCCC1NS(=O)(=O)c1ccc(CCO)s1. The smallest absolute Gasteiger partial charge is 0.250 e. The maximum Gasteiger partial charge on any atom is 0.250 e. The van der Waals surface area contributed by atoms with Crippen LogP contribution in [0, 0.1) is 5.41 Å². The van der Waals surface area contributed by atoms with Crippen molar-refractivity contribution in [2.45, 2.75) is 56.2 Å². The number of thiophene rings is 1. The van der Waals surface area contributed by atoms with Gasteiger partial charge >= 0.3 is 0 Å². The van der Waals surface area contributed by atoms with E-state index in [4.69, 9.17) is 5.11 Å². The van der Waals surface area contributed by atoms with Crippen molar-refractivity contribution in [3.8, 4) is 0 Å². The Morgan fingerprint density at radius 1 is 1.40 bits per heavy atom. The molecule has 1 fully saturated rings. The van der Waals surface area contributed by atoms with Gasteiger partial charge in [-0.05, 0) is 30.4 Å². The number of hydrogen-bond donors (Lipinski definition) is 2. The average molecular weight is 317 g/mol. The summed E-state index contributed by atoms with van der Waals surface area (Å²) in [5.41, 5.74) is 0.0104. The lowest BCUT2D eigenvalue weighted by molar-refractivity contribution is 0.188. The molecule has 114 valence electrons. The van der Waals surface area contributed by atoms with Crippen LogP contribution in [0.25, 0.3) is 0 Å². The Balaban J connectivity index is 2.13. The Bertz CT molecular complexity index is 549. The highest BCUT2D eigenvalue weighted by molar-refractivity contribution is 7.91. The standard InChI is InChI=1S/C14H23NO3S2/c1-14(2)9-4-3-5-12(14)15-20(17,18)13-7-6-11(19-13)8-10-16/h6-7,12,15-16H,3-5,8-10H2,1-2H3. The monoisotopic (exact) mass is 317 g/mol. The third-order valence-electron chi connectivity index (χ3n) is 4.06. The van der Waals surface area contributed by atoms with Gasteiger partial charge in [-0.25, -0.2) is 13.1 Å².